The molecule has 2 heterocycles. The molecule has 0 amide bonds. The van der Waals surface area contributed by atoms with Crippen LogP contribution in [0.2, 0.25) is 0 Å². The zero-order valence-corrected chi connectivity index (χ0v) is 14.8. The summed E-state index contributed by atoms with van der Waals surface area (Å²) in [7, 11) is 3.81. The van der Waals surface area contributed by atoms with Crippen molar-refractivity contribution in [3.63, 3.8) is 0 Å². The fourth-order valence-corrected chi connectivity index (χ4v) is 3.59. The molecular formula is C11H17N7S3. The van der Waals surface area contributed by atoms with Gasteiger partial charge in [0, 0.05) is 20.6 Å². The van der Waals surface area contributed by atoms with Crippen molar-refractivity contribution in [2.45, 2.75) is 27.2 Å². The predicted molar refractivity (Wildman–Crippen MR) is 88.7 cm³/mol. The molecule has 0 saturated carbocycles. The molecule has 0 aliphatic heterocycles. The van der Waals surface area contributed by atoms with Gasteiger partial charge in [0.25, 0.3) is 0 Å². The molecule has 0 bridgehead atoms. The summed E-state index contributed by atoms with van der Waals surface area (Å²) in [6.07, 6.45) is 2.99. The highest BCUT2D eigenvalue weighted by molar-refractivity contribution is 8.02. The van der Waals surface area contributed by atoms with Crippen LogP contribution in [-0.2, 0) is 0 Å². The fraction of sp³-hybridized carbons (Fsp3) is 0.545. The highest BCUT2D eigenvalue weighted by atomic mass is 32.2. The molecule has 2 aromatic heterocycles. The number of aromatic nitrogens is 5. The second-order valence-electron chi connectivity index (χ2n) is 4.20. The van der Waals surface area contributed by atoms with E-state index in [9.17, 15) is 0 Å². The van der Waals surface area contributed by atoms with Crippen molar-refractivity contribution in [2.75, 3.05) is 37.1 Å². The molecule has 0 atom stereocenters. The van der Waals surface area contributed by atoms with Crippen LogP contribution in [0.1, 0.15) is 13.3 Å². The minimum Gasteiger partial charge on any atom is -0.354 e. The van der Waals surface area contributed by atoms with Gasteiger partial charge in [-0.25, -0.2) is 0 Å². The molecule has 0 unspecified atom stereocenters. The monoisotopic (exact) mass is 343 g/mol. The highest BCUT2D eigenvalue weighted by Gasteiger charge is 2.12. The first kappa shape index (κ1) is 16.2. The van der Waals surface area contributed by atoms with E-state index in [0.717, 1.165) is 21.6 Å². The van der Waals surface area contributed by atoms with Gasteiger partial charge in [-0.1, -0.05) is 30.0 Å². The molecule has 1 N–H and O–H groups in total. The Kier molecular flexibility index (Phi) is 6.00. The van der Waals surface area contributed by atoms with Crippen LogP contribution in [0.4, 0.5) is 11.9 Å². The molecule has 2 aromatic rings. The van der Waals surface area contributed by atoms with Crippen molar-refractivity contribution in [2.24, 2.45) is 0 Å². The number of nitrogens with zero attached hydrogens (tertiary/aromatic N) is 6. The topological polar surface area (TPSA) is 79.7 Å². The van der Waals surface area contributed by atoms with Crippen molar-refractivity contribution < 1.29 is 0 Å². The summed E-state index contributed by atoms with van der Waals surface area (Å²) in [5.74, 6) is 1.22. The average Bonchev–Trinajstić information content (AvgIpc) is 2.92. The number of thioether (sulfide) groups is 1. The maximum absolute atomic E-state index is 4.43. The normalized spacial score (nSPS) is 10.7. The third-order valence-corrected chi connectivity index (χ3v) is 5.09. The van der Waals surface area contributed by atoms with E-state index in [1.807, 2.05) is 25.3 Å². The lowest BCUT2D eigenvalue weighted by Crippen LogP contribution is -2.16. The molecule has 0 fully saturated rings. The van der Waals surface area contributed by atoms with Gasteiger partial charge >= 0.3 is 0 Å². The van der Waals surface area contributed by atoms with Crippen molar-refractivity contribution >= 4 is 46.8 Å². The lowest BCUT2D eigenvalue weighted by molar-refractivity contribution is 0.850. The van der Waals surface area contributed by atoms with Crippen LogP contribution in [0.25, 0.3) is 0 Å². The number of nitrogens with one attached hydrogen (secondary N) is 1. The van der Waals surface area contributed by atoms with Crippen LogP contribution in [0.5, 0.6) is 0 Å². The molecule has 10 heteroatoms. The van der Waals surface area contributed by atoms with E-state index in [1.165, 1.54) is 23.1 Å². The third-order valence-electron chi connectivity index (χ3n) is 2.28. The Morgan fingerprint density at radius 2 is 1.90 bits per heavy atom. The second kappa shape index (κ2) is 7.76. The molecule has 114 valence electrons. The minimum absolute atomic E-state index is 0.590. The summed E-state index contributed by atoms with van der Waals surface area (Å²) in [5, 5.41) is 12.0. The number of hydrogen-bond acceptors (Lipinski definition) is 10. The zero-order chi connectivity index (χ0) is 15.2. The van der Waals surface area contributed by atoms with E-state index in [2.05, 4.69) is 37.4 Å². The van der Waals surface area contributed by atoms with Crippen molar-refractivity contribution in [3.05, 3.63) is 0 Å². The molecule has 7 nitrogen and oxygen atoms in total. The first-order valence-corrected chi connectivity index (χ1v) is 9.20. The van der Waals surface area contributed by atoms with E-state index in [-0.39, 0.29) is 0 Å². The predicted octanol–water partition coefficient (Wildman–Crippen LogP) is 2.48. The average molecular weight is 344 g/mol. The van der Waals surface area contributed by atoms with Crippen LogP contribution in [0, 0.1) is 0 Å². The Balaban J connectivity index is 2.22. The van der Waals surface area contributed by atoms with Crippen LogP contribution >= 0.6 is 34.9 Å². The Bertz CT molecular complexity index is 587. The lowest BCUT2D eigenvalue weighted by atomic mass is 10.5. The number of anilines is 2. The lowest BCUT2D eigenvalue weighted by Gasteiger charge is -2.12. The first-order chi connectivity index (χ1) is 10.1. The van der Waals surface area contributed by atoms with Gasteiger partial charge in [-0.3, -0.25) is 0 Å². The highest BCUT2D eigenvalue weighted by Crippen LogP contribution is 2.31. The molecule has 21 heavy (non-hydrogen) atoms. The second-order valence-corrected chi connectivity index (χ2v) is 7.45. The van der Waals surface area contributed by atoms with E-state index in [4.69, 9.17) is 0 Å². The van der Waals surface area contributed by atoms with Gasteiger partial charge in [0.2, 0.25) is 17.1 Å². The van der Waals surface area contributed by atoms with Gasteiger partial charge in [-0.15, -0.1) is 10.2 Å². The summed E-state index contributed by atoms with van der Waals surface area (Å²) in [5.41, 5.74) is 0. The first-order valence-electron chi connectivity index (χ1n) is 6.35. The van der Waals surface area contributed by atoms with E-state index in [1.54, 1.807) is 11.8 Å². The van der Waals surface area contributed by atoms with Crippen LogP contribution < -0.4 is 10.2 Å². The fourth-order valence-electron chi connectivity index (χ4n) is 1.31. The summed E-state index contributed by atoms with van der Waals surface area (Å²) < 4.78 is 1.76. The number of hydrogen-bond donors (Lipinski definition) is 1. The van der Waals surface area contributed by atoms with Gasteiger partial charge in [-0.05, 0) is 24.4 Å². The van der Waals surface area contributed by atoms with Gasteiger partial charge < -0.3 is 10.2 Å². The van der Waals surface area contributed by atoms with Crippen molar-refractivity contribution in [3.8, 4) is 0 Å². The summed E-state index contributed by atoms with van der Waals surface area (Å²) >= 11 is 4.52. The number of rotatable bonds is 7. The molecule has 2 rings (SSSR count). The summed E-state index contributed by atoms with van der Waals surface area (Å²) in [4.78, 5) is 15.1. The molecule has 0 aromatic carbocycles. The summed E-state index contributed by atoms with van der Waals surface area (Å²) in [6.45, 7) is 2.93. The maximum Gasteiger partial charge on any atom is 0.230 e. The molecule has 0 aliphatic carbocycles. The molecule has 0 radical (unpaired) electrons. The van der Waals surface area contributed by atoms with Crippen LogP contribution in [0.3, 0.4) is 0 Å². The minimum atomic E-state index is 0.590. The zero-order valence-electron chi connectivity index (χ0n) is 12.3. The van der Waals surface area contributed by atoms with Crippen LogP contribution in [0.15, 0.2) is 13.8 Å². The van der Waals surface area contributed by atoms with E-state index < -0.39 is 0 Å². The molecule has 0 spiro atoms. The van der Waals surface area contributed by atoms with E-state index in [0.29, 0.717) is 17.1 Å². The SMILES string of the molecule is CCCNc1nc(Sc2nnc(SC)s2)nc(N(C)C)n1. The third kappa shape index (κ3) is 4.68. The quantitative estimate of drug-likeness (QED) is 0.762. The largest absolute Gasteiger partial charge is 0.354 e. The van der Waals surface area contributed by atoms with Gasteiger partial charge in [0.05, 0.1) is 0 Å². The smallest absolute Gasteiger partial charge is 0.230 e. The van der Waals surface area contributed by atoms with Crippen molar-refractivity contribution in [1.82, 2.24) is 25.1 Å². The Labute approximate surface area is 136 Å². The van der Waals surface area contributed by atoms with Gasteiger partial charge in [-0.2, -0.15) is 15.0 Å². The van der Waals surface area contributed by atoms with Crippen LogP contribution in [-0.4, -0.2) is 52.0 Å². The maximum atomic E-state index is 4.43. The summed E-state index contributed by atoms with van der Waals surface area (Å²) in [6, 6.07) is 0. The van der Waals surface area contributed by atoms with Gasteiger partial charge in [0.1, 0.15) is 0 Å². The molecule has 0 saturated heterocycles. The Morgan fingerprint density at radius 1 is 1.14 bits per heavy atom. The Hall–Kier alpha value is -1.13. The van der Waals surface area contributed by atoms with Crippen molar-refractivity contribution in [1.29, 1.82) is 0 Å². The molecular weight excluding hydrogens is 326 g/mol. The standard InChI is InChI=1S/C11H17N7S3/c1-5-6-12-7-13-8(18(2)3)15-9(14-7)20-11-17-16-10(19-4)21-11/h5-6H2,1-4H3,(H,12,13,14,15). The van der Waals surface area contributed by atoms with Gasteiger partial charge in [0.15, 0.2) is 8.68 Å². The van der Waals surface area contributed by atoms with E-state index >= 15 is 0 Å². The molecule has 0 aliphatic rings. The Morgan fingerprint density at radius 3 is 2.52 bits per heavy atom.